The first-order chi connectivity index (χ1) is 5.72. The van der Waals surface area contributed by atoms with Crippen LogP contribution in [-0.4, -0.2) is 16.9 Å². The standard InChI is InChI=1S/C8H5NO3/c10-7-5-3-1-2-4-6(5)9(12)8(7)11/h1-4,12H. The number of ketones is 1. The lowest BCUT2D eigenvalue weighted by molar-refractivity contribution is -0.118. The number of anilines is 1. The molecule has 0 aromatic heterocycles. The van der Waals surface area contributed by atoms with Crippen molar-refractivity contribution in [1.82, 2.24) is 0 Å². The van der Waals surface area contributed by atoms with Crippen molar-refractivity contribution in [3.8, 4) is 0 Å². The monoisotopic (exact) mass is 163 g/mol. The van der Waals surface area contributed by atoms with Gasteiger partial charge in [0, 0.05) is 0 Å². The van der Waals surface area contributed by atoms with Gasteiger partial charge >= 0.3 is 5.91 Å². The lowest BCUT2D eigenvalue weighted by atomic mass is 10.1. The fourth-order valence-corrected chi connectivity index (χ4v) is 1.17. The molecule has 4 heteroatoms. The van der Waals surface area contributed by atoms with Crippen molar-refractivity contribution >= 4 is 17.4 Å². The highest BCUT2D eigenvalue weighted by Crippen LogP contribution is 2.26. The van der Waals surface area contributed by atoms with Crippen molar-refractivity contribution in [2.75, 3.05) is 5.06 Å². The molecule has 0 fully saturated rings. The number of hydrogen-bond donors (Lipinski definition) is 1. The van der Waals surface area contributed by atoms with Crippen molar-refractivity contribution in [3.63, 3.8) is 0 Å². The van der Waals surface area contributed by atoms with E-state index in [4.69, 9.17) is 5.21 Å². The van der Waals surface area contributed by atoms with Crippen LogP contribution >= 0.6 is 0 Å². The Labute approximate surface area is 68.0 Å². The van der Waals surface area contributed by atoms with Crippen LogP contribution < -0.4 is 5.06 Å². The number of hydrogen-bond acceptors (Lipinski definition) is 3. The second-order valence-corrected chi connectivity index (χ2v) is 2.46. The highest BCUT2D eigenvalue weighted by atomic mass is 16.5. The van der Waals surface area contributed by atoms with Crippen molar-refractivity contribution < 1.29 is 14.8 Å². The first-order valence-corrected chi connectivity index (χ1v) is 3.38. The molecule has 0 unspecified atom stereocenters. The molecule has 1 aromatic carbocycles. The zero-order valence-corrected chi connectivity index (χ0v) is 6.02. The van der Waals surface area contributed by atoms with Gasteiger partial charge in [0.2, 0.25) is 0 Å². The highest BCUT2D eigenvalue weighted by Gasteiger charge is 2.34. The Bertz CT molecular complexity index is 372. The minimum absolute atomic E-state index is 0.255. The smallest absolute Gasteiger partial charge is 0.283 e. The zero-order valence-electron chi connectivity index (χ0n) is 6.02. The molecule has 0 aliphatic carbocycles. The van der Waals surface area contributed by atoms with E-state index in [1.165, 1.54) is 12.1 Å². The number of nitrogens with zero attached hydrogens (tertiary/aromatic N) is 1. The van der Waals surface area contributed by atoms with Crippen LogP contribution in [0, 0.1) is 0 Å². The molecule has 1 aliphatic rings. The third kappa shape index (κ3) is 0.695. The molecular formula is C8H5NO3. The summed E-state index contributed by atoms with van der Waals surface area (Å²) in [5, 5.41) is 9.46. The Kier molecular flexibility index (Phi) is 1.25. The maximum atomic E-state index is 11.1. The van der Waals surface area contributed by atoms with E-state index < -0.39 is 11.7 Å². The third-order valence-electron chi connectivity index (χ3n) is 1.76. The van der Waals surface area contributed by atoms with Crippen LogP contribution in [0.2, 0.25) is 0 Å². The summed E-state index contributed by atoms with van der Waals surface area (Å²) in [6, 6.07) is 6.31. The summed E-state index contributed by atoms with van der Waals surface area (Å²) in [6.45, 7) is 0. The number of hydroxylamine groups is 1. The van der Waals surface area contributed by atoms with Gasteiger partial charge in [0.25, 0.3) is 5.78 Å². The number of carbonyl (C=O) groups is 2. The van der Waals surface area contributed by atoms with Gasteiger partial charge in [-0.05, 0) is 12.1 Å². The van der Waals surface area contributed by atoms with Crippen LogP contribution in [0.4, 0.5) is 5.69 Å². The molecule has 0 bridgehead atoms. The summed E-state index contributed by atoms with van der Waals surface area (Å²) < 4.78 is 0. The SMILES string of the molecule is O=C1C(=O)N(O)c2ccccc21. The molecule has 1 amide bonds. The summed E-state index contributed by atoms with van der Waals surface area (Å²) in [7, 11) is 0. The van der Waals surface area contributed by atoms with Crippen LogP contribution in [0.1, 0.15) is 10.4 Å². The number of carbonyl (C=O) groups excluding carboxylic acids is 2. The number of benzene rings is 1. The summed E-state index contributed by atoms with van der Waals surface area (Å²) in [4.78, 5) is 21.9. The minimum atomic E-state index is -0.892. The Hall–Kier alpha value is -1.68. The maximum Gasteiger partial charge on any atom is 0.323 e. The quantitative estimate of drug-likeness (QED) is 0.450. The van der Waals surface area contributed by atoms with E-state index >= 15 is 0 Å². The van der Waals surface area contributed by atoms with Gasteiger partial charge in [-0.2, -0.15) is 5.06 Å². The molecule has 2 rings (SSSR count). The van der Waals surface area contributed by atoms with Crippen molar-refractivity contribution in [3.05, 3.63) is 29.8 Å². The van der Waals surface area contributed by atoms with Crippen molar-refractivity contribution in [2.45, 2.75) is 0 Å². The van der Waals surface area contributed by atoms with Gasteiger partial charge < -0.3 is 0 Å². The van der Waals surface area contributed by atoms with Gasteiger partial charge in [0.1, 0.15) is 0 Å². The number of amides is 1. The average molecular weight is 163 g/mol. The summed E-state index contributed by atoms with van der Waals surface area (Å²) >= 11 is 0. The van der Waals surface area contributed by atoms with E-state index in [0.717, 1.165) is 0 Å². The van der Waals surface area contributed by atoms with Gasteiger partial charge in [-0.15, -0.1) is 0 Å². The average Bonchev–Trinajstić information content (AvgIpc) is 2.33. The van der Waals surface area contributed by atoms with Gasteiger partial charge in [-0.1, -0.05) is 12.1 Å². The Morgan fingerprint density at radius 1 is 1.17 bits per heavy atom. The maximum absolute atomic E-state index is 11.1. The van der Waals surface area contributed by atoms with Crippen LogP contribution in [0.25, 0.3) is 0 Å². The molecule has 4 nitrogen and oxygen atoms in total. The first kappa shape index (κ1) is 7.00. The number of Topliss-reactive ketones (excluding diaryl/α,β-unsaturated/α-hetero) is 1. The van der Waals surface area contributed by atoms with Crippen molar-refractivity contribution in [1.29, 1.82) is 0 Å². The fraction of sp³-hybridized carbons (Fsp3) is 0. The first-order valence-electron chi connectivity index (χ1n) is 3.38. The van der Waals surface area contributed by atoms with Gasteiger partial charge in [0.15, 0.2) is 0 Å². The van der Waals surface area contributed by atoms with Crippen LogP contribution in [0.15, 0.2) is 24.3 Å². The second-order valence-electron chi connectivity index (χ2n) is 2.46. The molecule has 12 heavy (non-hydrogen) atoms. The number of rotatable bonds is 0. The molecular weight excluding hydrogens is 158 g/mol. The molecule has 1 N–H and O–H groups in total. The number of fused-ring (bicyclic) bond motifs is 1. The Balaban J connectivity index is 2.67. The van der Waals surface area contributed by atoms with Gasteiger partial charge in [0.05, 0.1) is 11.3 Å². The van der Waals surface area contributed by atoms with E-state index in [2.05, 4.69) is 0 Å². The van der Waals surface area contributed by atoms with E-state index in [-0.39, 0.29) is 11.3 Å². The molecule has 0 spiro atoms. The molecule has 0 saturated heterocycles. The van der Waals surface area contributed by atoms with E-state index in [9.17, 15) is 9.59 Å². The molecule has 60 valence electrons. The predicted octanol–water partition coefficient (Wildman–Crippen LogP) is 0.605. The van der Waals surface area contributed by atoms with Crippen LogP contribution in [0.3, 0.4) is 0 Å². The fourth-order valence-electron chi connectivity index (χ4n) is 1.17. The summed E-state index contributed by atoms with van der Waals surface area (Å²) in [5.74, 6) is -1.55. The summed E-state index contributed by atoms with van der Waals surface area (Å²) in [6.07, 6.45) is 0. The van der Waals surface area contributed by atoms with E-state index in [1.54, 1.807) is 12.1 Å². The Morgan fingerprint density at radius 3 is 2.50 bits per heavy atom. The topological polar surface area (TPSA) is 57.6 Å². The predicted molar refractivity (Wildman–Crippen MR) is 40.0 cm³/mol. The highest BCUT2D eigenvalue weighted by molar-refractivity contribution is 6.51. The third-order valence-corrected chi connectivity index (χ3v) is 1.76. The van der Waals surface area contributed by atoms with Crippen LogP contribution in [0.5, 0.6) is 0 Å². The molecule has 1 heterocycles. The second kappa shape index (κ2) is 2.15. The minimum Gasteiger partial charge on any atom is -0.283 e. The molecule has 1 aliphatic heterocycles. The van der Waals surface area contributed by atoms with Crippen molar-refractivity contribution in [2.24, 2.45) is 0 Å². The van der Waals surface area contributed by atoms with E-state index in [0.29, 0.717) is 5.06 Å². The summed E-state index contributed by atoms with van der Waals surface area (Å²) in [5.41, 5.74) is 0.512. The normalized spacial score (nSPS) is 15.2. The Morgan fingerprint density at radius 2 is 1.83 bits per heavy atom. The molecule has 1 aromatic rings. The lowest BCUT2D eigenvalue weighted by Gasteiger charge is -2.04. The molecule has 0 atom stereocenters. The largest absolute Gasteiger partial charge is 0.323 e. The van der Waals surface area contributed by atoms with Gasteiger partial charge in [-0.3, -0.25) is 14.8 Å². The number of para-hydroxylation sites is 1. The lowest BCUT2D eigenvalue weighted by Crippen LogP contribution is -2.25. The zero-order chi connectivity index (χ0) is 8.72. The van der Waals surface area contributed by atoms with Crippen LogP contribution in [-0.2, 0) is 4.79 Å². The van der Waals surface area contributed by atoms with E-state index in [1.807, 2.05) is 0 Å². The molecule has 0 radical (unpaired) electrons. The van der Waals surface area contributed by atoms with Gasteiger partial charge in [-0.25, -0.2) is 0 Å². The molecule has 0 saturated carbocycles.